The predicted octanol–water partition coefficient (Wildman–Crippen LogP) is 4.05. The number of hydrogen-bond acceptors (Lipinski definition) is 6. The summed E-state index contributed by atoms with van der Waals surface area (Å²) >= 11 is 0. The van der Waals surface area contributed by atoms with Crippen LogP contribution in [0.15, 0.2) is 58.6 Å². The number of allylic oxidation sites excluding steroid dienone is 1. The summed E-state index contributed by atoms with van der Waals surface area (Å²) in [7, 11) is 0. The highest BCUT2D eigenvalue weighted by molar-refractivity contribution is 5.77. The second-order valence-corrected chi connectivity index (χ2v) is 9.34. The Kier molecular flexibility index (Phi) is 5.17. The molecule has 1 aromatic carbocycles. The maximum atomic E-state index is 13.2. The molecule has 170 valence electrons. The van der Waals surface area contributed by atoms with E-state index in [1.807, 2.05) is 16.8 Å². The van der Waals surface area contributed by atoms with Crippen LogP contribution in [0.5, 0.6) is 0 Å². The van der Waals surface area contributed by atoms with E-state index in [-0.39, 0.29) is 11.0 Å². The van der Waals surface area contributed by atoms with E-state index < -0.39 is 0 Å². The topological polar surface area (TPSA) is 89.9 Å². The van der Waals surface area contributed by atoms with Gasteiger partial charge in [-0.1, -0.05) is 32.9 Å². The van der Waals surface area contributed by atoms with Gasteiger partial charge in [0.2, 0.25) is 5.95 Å². The van der Waals surface area contributed by atoms with Gasteiger partial charge in [-0.05, 0) is 36.2 Å². The second-order valence-electron chi connectivity index (χ2n) is 9.34. The molecule has 1 aliphatic rings. The molecule has 0 aliphatic carbocycles. The molecule has 0 saturated heterocycles. The molecule has 8 heteroatoms. The first-order chi connectivity index (χ1) is 15.9. The summed E-state index contributed by atoms with van der Waals surface area (Å²) in [4.78, 5) is 22.4. The second kappa shape index (κ2) is 8.04. The molecule has 4 aromatic rings. The molecular weight excluding hydrogens is 416 g/mol. The molecule has 8 nitrogen and oxygen atoms in total. The standard InChI is InChI=1S/C25H28N6O2/c1-5-11-30-23(32)19-15-27-24(28-18-7-6-17-14-26-10-8-16(17)13-18)29-22(19)31(30)20-9-12-33-21(20)25(2,3)4/h5-7,9,12-13,15,26H,1,8,10-11,14H2,2-4H3,(H,27,28,29). The van der Waals surface area contributed by atoms with Crippen molar-refractivity contribution >= 4 is 22.7 Å². The van der Waals surface area contributed by atoms with E-state index in [1.54, 1.807) is 23.2 Å². The number of furan rings is 1. The van der Waals surface area contributed by atoms with Crippen LogP contribution in [0.2, 0.25) is 0 Å². The summed E-state index contributed by atoms with van der Waals surface area (Å²) in [5, 5.41) is 7.15. The minimum Gasteiger partial charge on any atom is -0.466 e. The van der Waals surface area contributed by atoms with Gasteiger partial charge in [0.05, 0.1) is 12.8 Å². The molecule has 4 heterocycles. The fourth-order valence-electron chi connectivity index (χ4n) is 4.33. The highest BCUT2D eigenvalue weighted by Crippen LogP contribution is 2.31. The van der Waals surface area contributed by atoms with E-state index >= 15 is 0 Å². The van der Waals surface area contributed by atoms with Gasteiger partial charge in [-0.3, -0.25) is 4.79 Å². The number of hydrogen-bond donors (Lipinski definition) is 2. The van der Waals surface area contributed by atoms with Crippen LogP contribution >= 0.6 is 0 Å². The van der Waals surface area contributed by atoms with Crippen LogP contribution < -0.4 is 16.2 Å². The molecule has 33 heavy (non-hydrogen) atoms. The Morgan fingerprint density at radius 3 is 2.91 bits per heavy atom. The molecule has 5 rings (SSSR count). The number of nitrogens with one attached hydrogen (secondary N) is 2. The highest BCUT2D eigenvalue weighted by atomic mass is 16.3. The van der Waals surface area contributed by atoms with Gasteiger partial charge < -0.3 is 15.1 Å². The molecule has 0 radical (unpaired) electrons. The Labute approximate surface area is 191 Å². The fraction of sp³-hybridized carbons (Fsp3) is 0.320. The molecule has 0 atom stereocenters. The van der Waals surface area contributed by atoms with Crippen LogP contribution in [-0.2, 0) is 24.9 Å². The van der Waals surface area contributed by atoms with E-state index in [9.17, 15) is 4.79 Å². The predicted molar refractivity (Wildman–Crippen MR) is 129 cm³/mol. The first kappa shape index (κ1) is 21.2. The summed E-state index contributed by atoms with van der Waals surface area (Å²) in [6.45, 7) is 12.2. The molecule has 0 fully saturated rings. The summed E-state index contributed by atoms with van der Waals surface area (Å²) in [5.41, 5.74) is 4.44. The molecule has 0 bridgehead atoms. The quantitative estimate of drug-likeness (QED) is 0.452. The third kappa shape index (κ3) is 3.76. The molecule has 0 spiro atoms. The van der Waals surface area contributed by atoms with Gasteiger partial charge >= 0.3 is 0 Å². The molecule has 3 aromatic heterocycles. The van der Waals surface area contributed by atoms with Crippen LogP contribution in [-0.4, -0.2) is 25.9 Å². The fourth-order valence-corrected chi connectivity index (χ4v) is 4.33. The third-order valence-electron chi connectivity index (χ3n) is 5.88. The summed E-state index contributed by atoms with van der Waals surface area (Å²) in [6.07, 6.45) is 5.92. The number of rotatable bonds is 5. The lowest BCUT2D eigenvalue weighted by molar-refractivity contribution is 0.404. The van der Waals surface area contributed by atoms with Gasteiger partial charge in [-0.15, -0.1) is 6.58 Å². The normalized spacial score (nSPS) is 13.8. The highest BCUT2D eigenvalue weighted by Gasteiger charge is 2.26. The average Bonchev–Trinajstić information content (AvgIpc) is 3.37. The lowest BCUT2D eigenvalue weighted by atomic mass is 9.92. The molecular formula is C25H28N6O2. The van der Waals surface area contributed by atoms with Crippen molar-refractivity contribution in [2.45, 2.75) is 45.7 Å². The minimum absolute atomic E-state index is 0.168. The van der Waals surface area contributed by atoms with Crippen molar-refractivity contribution in [3.63, 3.8) is 0 Å². The van der Waals surface area contributed by atoms with Crippen LogP contribution in [0.4, 0.5) is 11.6 Å². The van der Waals surface area contributed by atoms with Crippen molar-refractivity contribution in [2.24, 2.45) is 0 Å². The van der Waals surface area contributed by atoms with E-state index in [1.165, 1.54) is 11.1 Å². The smallest absolute Gasteiger partial charge is 0.278 e. The zero-order valence-corrected chi connectivity index (χ0v) is 19.2. The van der Waals surface area contributed by atoms with Gasteiger partial charge in [-0.2, -0.15) is 4.98 Å². The minimum atomic E-state index is -0.253. The Morgan fingerprint density at radius 1 is 1.27 bits per heavy atom. The van der Waals surface area contributed by atoms with Crippen LogP contribution in [0.25, 0.3) is 16.7 Å². The van der Waals surface area contributed by atoms with Crippen molar-refractivity contribution in [1.82, 2.24) is 24.6 Å². The zero-order chi connectivity index (χ0) is 23.2. The van der Waals surface area contributed by atoms with Crippen molar-refractivity contribution in [3.05, 3.63) is 76.6 Å². The lowest BCUT2D eigenvalue weighted by Crippen LogP contribution is -2.23. The van der Waals surface area contributed by atoms with Gasteiger partial charge in [-0.25, -0.2) is 14.3 Å². The average molecular weight is 445 g/mol. The van der Waals surface area contributed by atoms with Gasteiger partial charge in [0, 0.05) is 29.9 Å². The number of anilines is 2. The van der Waals surface area contributed by atoms with Gasteiger partial charge in [0.15, 0.2) is 5.65 Å². The van der Waals surface area contributed by atoms with Crippen molar-refractivity contribution < 1.29 is 4.42 Å². The molecule has 0 saturated carbocycles. The largest absolute Gasteiger partial charge is 0.466 e. The third-order valence-corrected chi connectivity index (χ3v) is 5.88. The van der Waals surface area contributed by atoms with Gasteiger partial charge in [0.1, 0.15) is 16.8 Å². The van der Waals surface area contributed by atoms with E-state index in [0.29, 0.717) is 23.5 Å². The lowest BCUT2D eigenvalue weighted by Gasteiger charge is -2.19. The van der Waals surface area contributed by atoms with Crippen molar-refractivity contribution in [2.75, 3.05) is 11.9 Å². The number of fused-ring (bicyclic) bond motifs is 2. The molecule has 1 aliphatic heterocycles. The Bertz CT molecular complexity index is 1400. The summed E-state index contributed by atoms with van der Waals surface area (Å²) in [5.74, 6) is 1.20. The van der Waals surface area contributed by atoms with Crippen molar-refractivity contribution in [3.8, 4) is 5.69 Å². The van der Waals surface area contributed by atoms with Crippen LogP contribution in [0.3, 0.4) is 0 Å². The molecule has 2 N–H and O–H groups in total. The van der Waals surface area contributed by atoms with Crippen LogP contribution in [0.1, 0.15) is 37.7 Å². The van der Waals surface area contributed by atoms with Crippen molar-refractivity contribution in [1.29, 1.82) is 0 Å². The summed E-state index contributed by atoms with van der Waals surface area (Å²) in [6, 6.07) is 8.17. The monoisotopic (exact) mass is 444 g/mol. The maximum absolute atomic E-state index is 13.2. The van der Waals surface area contributed by atoms with Gasteiger partial charge in [0.25, 0.3) is 5.56 Å². The first-order valence-corrected chi connectivity index (χ1v) is 11.1. The zero-order valence-electron chi connectivity index (χ0n) is 19.2. The molecule has 0 unspecified atom stereocenters. The van der Waals surface area contributed by atoms with Crippen LogP contribution in [0, 0.1) is 0 Å². The molecule has 0 amide bonds. The maximum Gasteiger partial charge on any atom is 0.278 e. The van der Waals surface area contributed by atoms with E-state index in [2.05, 4.69) is 55.1 Å². The first-order valence-electron chi connectivity index (χ1n) is 11.1. The van der Waals surface area contributed by atoms with E-state index in [4.69, 9.17) is 9.40 Å². The van der Waals surface area contributed by atoms with E-state index in [0.717, 1.165) is 36.6 Å². The Hall–Kier alpha value is -3.65. The Balaban J connectivity index is 1.63. The number of nitrogens with zero attached hydrogens (tertiary/aromatic N) is 4. The SMILES string of the molecule is C=CCn1c(=O)c2cnc(Nc3ccc4c(c3)CCNC4)nc2n1-c1ccoc1C(C)(C)C. The number of aromatic nitrogens is 4. The number of benzene rings is 1. The Morgan fingerprint density at radius 2 is 2.12 bits per heavy atom. The summed E-state index contributed by atoms with van der Waals surface area (Å²) < 4.78 is 9.25.